The lowest BCUT2D eigenvalue weighted by Crippen LogP contribution is -2.32. The molecule has 1 aliphatic rings. The summed E-state index contributed by atoms with van der Waals surface area (Å²) in [6.07, 6.45) is 4.41. The number of nitrogens with zero attached hydrogens (tertiary/aromatic N) is 2. The standard InChI is InChI=1S/C16H18FN3O/c1-10-8-13(10)16(21)19-14(15-18-6-7-20(15)2)11-4-3-5-12(17)9-11/h3-7,9-10,13-14H,8H2,1-2H3,(H,19,21)/t10-,13+,14+/m1/s1. The Hall–Kier alpha value is -2.17. The highest BCUT2D eigenvalue weighted by Gasteiger charge is 2.40. The van der Waals surface area contributed by atoms with Crippen molar-refractivity contribution in [3.8, 4) is 0 Å². The first kappa shape index (κ1) is 13.8. The van der Waals surface area contributed by atoms with Crippen LogP contribution in [0, 0.1) is 17.7 Å². The van der Waals surface area contributed by atoms with Crippen LogP contribution in [0.3, 0.4) is 0 Å². The molecular weight excluding hydrogens is 269 g/mol. The van der Waals surface area contributed by atoms with E-state index < -0.39 is 6.04 Å². The van der Waals surface area contributed by atoms with Crippen molar-refractivity contribution in [3.05, 3.63) is 53.9 Å². The Balaban J connectivity index is 1.91. The largest absolute Gasteiger partial charge is 0.342 e. The second-order valence-corrected chi connectivity index (χ2v) is 5.71. The zero-order valence-corrected chi connectivity index (χ0v) is 12.1. The third-order valence-electron chi connectivity index (χ3n) is 4.03. The summed E-state index contributed by atoms with van der Waals surface area (Å²) in [5.74, 6) is 0.892. The number of benzene rings is 1. The minimum Gasteiger partial charge on any atom is -0.342 e. The fourth-order valence-corrected chi connectivity index (χ4v) is 2.58. The van der Waals surface area contributed by atoms with Gasteiger partial charge in [0.2, 0.25) is 5.91 Å². The number of carbonyl (C=O) groups is 1. The SMILES string of the molecule is C[C@@H]1C[C@@H]1C(=O)N[C@@H](c1cccc(F)c1)c1nccn1C. The Kier molecular flexibility index (Phi) is 3.49. The maximum absolute atomic E-state index is 13.5. The zero-order valence-electron chi connectivity index (χ0n) is 12.1. The van der Waals surface area contributed by atoms with Crippen molar-refractivity contribution >= 4 is 5.91 Å². The molecule has 3 rings (SSSR count). The van der Waals surface area contributed by atoms with Crippen LogP contribution in [0.25, 0.3) is 0 Å². The summed E-state index contributed by atoms with van der Waals surface area (Å²) in [6, 6.07) is 5.85. The van der Waals surface area contributed by atoms with E-state index in [-0.39, 0.29) is 17.6 Å². The van der Waals surface area contributed by atoms with Crippen LogP contribution in [0.1, 0.15) is 30.8 Å². The molecule has 5 heteroatoms. The van der Waals surface area contributed by atoms with Crippen LogP contribution in [0.5, 0.6) is 0 Å². The van der Waals surface area contributed by atoms with Crippen LogP contribution in [0.4, 0.5) is 4.39 Å². The van der Waals surface area contributed by atoms with Gasteiger partial charge in [0.15, 0.2) is 0 Å². The van der Waals surface area contributed by atoms with E-state index in [9.17, 15) is 9.18 Å². The molecule has 1 amide bonds. The average Bonchev–Trinajstić information content (AvgIpc) is 3.03. The maximum atomic E-state index is 13.5. The molecule has 21 heavy (non-hydrogen) atoms. The van der Waals surface area contributed by atoms with Gasteiger partial charge in [-0.25, -0.2) is 9.37 Å². The van der Waals surface area contributed by atoms with E-state index in [1.807, 2.05) is 17.8 Å². The lowest BCUT2D eigenvalue weighted by atomic mass is 10.1. The predicted octanol–water partition coefficient (Wildman–Crippen LogP) is 2.42. The Morgan fingerprint density at radius 1 is 1.52 bits per heavy atom. The molecule has 0 unspecified atom stereocenters. The Morgan fingerprint density at radius 2 is 2.29 bits per heavy atom. The smallest absolute Gasteiger partial charge is 0.224 e. The Bertz CT molecular complexity index is 667. The highest BCUT2D eigenvalue weighted by molar-refractivity contribution is 5.82. The summed E-state index contributed by atoms with van der Waals surface area (Å²) >= 11 is 0. The van der Waals surface area contributed by atoms with Crippen LogP contribution in [-0.4, -0.2) is 15.5 Å². The first-order valence-electron chi connectivity index (χ1n) is 7.09. The van der Waals surface area contributed by atoms with Gasteiger partial charge in [-0.2, -0.15) is 0 Å². The summed E-state index contributed by atoms with van der Waals surface area (Å²) in [4.78, 5) is 16.5. The topological polar surface area (TPSA) is 46.9 Å². The molecule has 1 aromatic heterocycles. The molecule has 0 spiro atoms. The number of hydrogen-bond donors (Lipinski definition) is 1. The fourth-order valence-electron chi connectivity index (χ4n) is 2.58. The number of nitrogens with one attached hydrogen (secondary N) is 1. The predicted molar refractivity (Wildman–Crippen MR) is 76.9 cm³/mol. The van der Waals surface area contributed by atoms with Crippen LogP contribution in [0.15, 0.2) is 36.7 Å². The summed E-state index contributed by atoms with van der Waals surface area (Å²) in [7, 11) is 1.86. The van der Waals surface area contributed by atoms with Crippen molar-refractivity contribution in [2.45, 2.75) is 19.4 Å². The van der Waals surface area contributed by atoms with Gasteiger partial charge in [-0.05, 0) is 30.0 Å². The summed E-state index contributed by atoms with van der Waals surface area (Å²) in [5.41, 5.74) is 0.700. The minimum absolute atomic E-state index is 0.0137. The van der Waals surface area contributed by atoms with Crippen LogP contribution in [-0.2, 0) is 11.8 Å². The number of rotatable bonds is 4. The lowest BCUT2D eigenvalue weighted by Gasteiger charge is -2.19. The number of aryl methyl sites for hydroxylation is 1. The second-order valence-electron chi connectivity index (χ2n) is 5.71. The van der Waals surface area contributed by atoms with Gasteiger partial charge in [-0.3, -0.25) is 4.79 Å². The van der Waals surface area contributed by atoms with Gasteiger partial charge in [0.05, 0.1) is 0 Å². The van der Waals surface area contributed by atoms with E-state index in [0.29, 0.717) is 17.3 Å². The molecular formula is C16H18FN3O. The number of imidazole rings is 1. The van der Waals surface area contributed by atoms with Crippen molar-refractivity contribution in [2.75, 3.05) is 0 Å². The first-order chi connectivity index (χ1) is 10.1. The molecule has 1 aromatic carbocycles. The molecule has 0 aliphatic heterocycles. The van der Waals surface area contributed by atoms with Crippen molar-refractivity contribution in [3.63, 3.8) is 0 Å². The molecule has 1 N–H and O–H groups in total. The van der Waals surface area contributed by atoms with Gasteiger partial charge in [0, 0.05) is 25.4 Å². The minimum atomic E-state index is -0.430. The highest BCUT2D eigenvalue weighted by atomic mass is 19.1. The summed E-state index contributed by atoms with van der Waals surface area (Å²) in [5, 5.41) is 3.01. The molecule has 1 fully saturated rings. The van der Waals surface area contributed by atoms with E-state index in [1.54, 1.807) is 18.3 Å². The van der Waals surface area contributed by atoms with Crippen molar-refractivity contribution in [1.29, 1.82) is 0 Å². The molecule has 110 valence electrons. The van der Waals surface area contributed by atoms with E-state index in [4.69, 9.17) is 0 Å². The van der Waals surface area contributed by atoms with E-state index >= 15 is 0 Å². The third kappa shape index (κ3) is 2.82. The number of carbonyl (C=O) groups excluding carboxylic acids is 1. The number of amides is 1. The average molecular weight is 287 g/mol. The van der Waals surface area contributed by atoms with Crippen LogP contribution in [0.2, 0.25) is 0 Å². The first-order valence-corrected chi connectivity index (χ1v) is 7.09. The third-order valence-corrected chi connectivity index (χ3v) is 4.03. The van der Waals surface area contributed by atoms with Crippen molar-refractivity contribution in [2.24, 2.45) is 18.9 Å². The summed E-state index contributed by atoms with van der Waals surface area (Å²) < 4.78 is 15.3. The Labute approximate surface area is 123 Å². The zero-order chi connectivity index (χ0) is 15.0. The van der Waals surface area contributed by atoms with Crippen molar-refractivity contribution in [1.82, 2.24) is 14.9 Å². The van der Waals surface area contributed by atoms with E-state index in [2.05, 4.69) is 17.2 Å². The molecule has 0 bridgehead atoms. The lowest BCUT2D eigenvalue weighted by molar-refractivity contribution is -0.123. The van der Waals surface area contributed by atoms with Gasteiger partial charge in [-0.15, -0.1) is 0 Å². The molecule has 1 heterocycles. The van der Waals surface area contributed by atoms with Gasteiger partial charge in [-0.1, -0.05) is 19.1 Å². The van der Waals surface area contributed by atoms with E-state index in [1.165, 1.54) is 12.1 Å². The van der Waals surface area contributed by atoms with Gasteiger partial charge >= 0.3 is 0 Å². The normalized spacial score (nSPS) is 21.9. The fraction of sp³-hybridized carbons (Fsp3) is 0.375. The molecule has 1 aliphatic carbocycles. The van der Waals surface area contributed by atoms with Gasteiger partial charge in [0.1, 0.15) is 17.7 Å². The van der Waals surface area contributed by atoms with Crippen LogP contribution < -0.4 is 5.32 Å². The Morgan fingerprint density at radius 3 is 2.86 bits per heavy atom. The molecule has 4 nitrogen and oxygen atoms in total. The van der Waals surface area contributed by atoms with Gasteiger partial charge < -0.3 is 9.88 Å². The monoisotopic (exact) mass is 287 g/mol. The second kappa shape index (κ2) is 5.31. The van der Waals surface area contributed by atoms with Crippen LogP contribution >= 0.6 is 0 Å². The summed E-state index contributed by atoms with van der Waals surface area (Å²) in [6.45, 7) is 2.06. The molecule has 3 atom stereocenters. The molecule has 1 saturated carbocycles. The maximum Gasteiger partial charge on any atom is 0.224 e. The molecule has 0 saturated heterocycles. The number of aromatic nitrogens is 2. The van der Waals surface area contributed by atoms with E-state index in [0.717, 1.165) is 6.42 Å². The highest BCUT2D eigenvalue weighted by Crippen LogP contribution is 2.38. The molecule has 0 radical (unpaired) electrons. The quantitative estimate of drug-likeness (QED) is 0.938. The van der Waals surface area contributed by atoms with Gasteiger partial charge in [0.25, 0.3) is 0 Å². The number of hydrogen-bond acceptors (Lipinski definition) is 2. The molecule has 2 aromatic rings. The van der Waals surface area contributed by atoms with Crippen molar-refractivity contribution < 1.29 is 9.18 Å². The number of halogens is 1.